The molecule has 1 aromatic rings. The van der Waals surface area contributed by atoms with Crippen molar-refractivity contribution in [1.82, 2.24) is 20.1 Å². The first-order chi connectivity index (χ1) is 10.6. The summed E-state index contributed by atoms with van der Waals surface area (Å²) in [5.74, 6) is 0.874. The van der Waals surface area contributed by atoms with E-state index < -0.39 is 0 Å². The zero-order valence-corrected chi connectivity index (χ0v) is 14.9. The van der Waals surface area contributed by atoms with Crippen LogP contribution in [0.4, 0.5) is 0 Å². The van der Waals surface area contributed by atoms with Crippen molar-refractivity contribution in [3.63, 3.8) is 0 Å². The van der Waals surface area contributed by atoms with Crippen molar-refractivity contribution in [2.75, 3.05) is 26.7 Å². The van der Waals surface area contributed by atoms with Crippen LogP contribution in [0.3, 0.4) is 0 Å². The SMILES string of the molecule is CCN(CC)CCCC(C)NC(=NC)NCc1ccn(C)c1. The second-order valence-corrected chi connectivity index (χ2v) is 5.83. The van der Waals surface area contributed by atoms with E-state index in [9.17, 15) is 0 Å². The molecule has 126 valence electrons. The number of aliphatic imine (C=N–C) groups is 1. The molecule has 0 aliphatic rings. The van der Waals surface area contributed by atoms with Gasteiger partial charge in [0.15, 0.2) is 5.96 Å². The third-order valence-corrected chi connectivity index (χ3v) is 3.97. The van der Waals surface area contributed by atoms with Crippen molar-refractivity contribution in [1.29, 1.82) is 0 Å². The molecule has 0 aliphatic carbocycles. The molecule has 0 aromatic carbocycles. The molecule has 0 bridgehead atoms. The molecular weight excluding hydrogens is 274 g/mol. The summed E-state index contributed by atoms with van der Waals surface area (Å²) in [6.07, 6.45) is 6.55. The smallest absolute Gasteiger partial charge is 0.191 e. The number of hydrogen-bond acceptors (Lipinski definition) is 2. The Kier molecular flexibility index (Phi) is 8.67. The lowest BCUT2D eigenvalue weighted by molar-refractivity contribution is 0.292. The molecule has 1 unspecified atom stereocenters. The van der Waals surface area contributed by atoms with Crippen LogP contribution in [0, 0.1) is 0 Å². The number of aromatic nitrogens is 1. The molecular formula is C17H33N5. The first-order valence-electron chi connectivity index (χ1n) is 8.39. The van der Waals surface area contributed by atoms with Crippen LogP contribution in [0.15, 0.2) is 23.5 Å². The Labute approximate surface area is 135 Å². The summed E-state index contributed by atoms with van der Waals surface area (Å²) >= 11 is 0. The second kappa shape index (κ2) is 10.3. The predicted octanol–water partition coefficient (Wildman–Crippen LogP) is 2.20. The van der Waals surface area contributed by atoms with Crippen LogP contribution < -0.4 is 10.6 Å². The predicted molar refractivity (Wildman–Crippen MR) is 95.2 cm³/mol. The summed E-state index contributed by atoms with van der Waals surface area (Å²) in [6.45, 7) is 10.9. The first-order valence-corrected chi connectivity index (χ1v) is 8.39. The topological polar surface area (TPSA) is 44.6 Å². The number of guanidine groups is 1. The van der Waals surface area contributed by atoms with Gasteiger partial charge in [0.25, 0.3) is 0 Å². The highest BCUT2D eigenvalue weighted by Crippen LogP contribution is 2.01. The highest BCUT2D eigenvalue weighted by molar-refractivity contribution is 5.79. The van der Waals surface area contributed by atoms with Crippen LogP contribution in [0.25, 0.3) is 0 Å². The van der Waals surface area contributed by atoms with Gasteiger partial charge in [-0.2, -0.15) is 0 Å². The van der Waals surface area contributed by atoms with Gasteiger partial charge in [-0.3, -0.25) is 4.99 Å². The summed E-state index contributed by atoms with van der Waals surface area (Å²) in [4.78, 5) is 6.77. The molecule has 1 heterocycles. The van der Waals surface area contributed by atoms with Gasteiger partial charge in [0.2, 0.25) is 0 Å². The molecule has 1 rings (SSSR count). The van der Waals surface area contributed by atoms with Crippen molar-refractivity contribution in [2.45, 2.75) is 46.2 Å². The Morgan fingerprint density at radius 2 is 2.09 bits per heavy atom. The fourth-order valence-corrected chi connectivity index (χ4v) is 2.51. The summed E-state index contributed by atoms with van der Waals surface area (Å²) < 4.78 is 2.06. The summed E-state index contributed by atoms with van der Waals surface area (Å²) in [6, 6.07) is 2.55. The van der Waals surface area contributed by atoms with Crippen LogP contribution in [-0.4, -0.2) is 48.2 Å². The molecule has 22 heavy (non-hydrogen) atoms. The number of rotatable bonds is 9. The zero-order valence-electron chi connectivity index (χ0n) is 14.9. The maximum atomic E-state index is 4.30. The molecule has 0 radical (unpaired) electrons. The van der Waals surface area contributed by atoms with Gasteiger partial charge in [-0.05, 0) is 51.0 Å². The molecule has 5 nitrogen and oxygen atoms in total. The van der Waals surface area contributed by atoms with Gasteiger partial charge >= 0.3 is 0 Å². The van der Waals surface area contributed by atoms with Gasteiger partial charge in [0.05, 0.1) is 0 Å². The Morgan fingerprint density at radius 3 is 2.64 bits per heavy atom. The molecule has 1 atom stereocenters. The zero-order chi connectivity index (χ0) is 16.4. The molecule has 0 spiro atoms. The van der Waals surface area contributed by atoms with Gasteiger partial charge in [0.1, 0.15) is 0 Å². The Balaban J connectivity index is 2.26. The normalized spacial score (nSPS) is 13.5. The first kappa shape index (κ1) is 18.6. The van der Waals surface area contributed by atoms with Gasteiger partial charge in [0, 0.05) is 39.1 Å². The number of nitrogens with zero attached hydrogens (tertiary/aromatic N) is 3. The molecule has 1 aromatic heterocycles. The lowest BCUT2D eigenvalue weighted by Gasteiger charge is -2.21. The van der Waals surface area contributed by atoms with Crippen molar-refractivity contribution < 1.29 is 0 Å². The van der Waals surface area contributed by atoms with Crippen molar-refractivity contribution in [3.05, 3.63) is 24.0 Å². The molecule has 0 saturated heterocycles. The third kappa shape index (κ3) is 6.98. The van der Waals surface area contributed by atoms with E-state index in [1.165, 1.54) is 18.5 Å². The average molecular weight is 307 g/mol. The van der Waals surface area contributed by atoms with Crippen LogP contribution in [0.2, 0.25) is 0 Å². The number of nitrogens with one attached hydrogen (secondary N) is 2. The minimum absolute atomic E-state index is 0.428. The molecule has 0 aliphatic heterocycles. The van der Waals surface area contributed by atoms with E-state index in [1.54, 1.807) is 0 Å². The summed E-state index contributed by atoms with van der Waals surface area (Å²) in [5.41, 5.74) is 1.26. The number of hydrogen-bond donors (Lipinski definition) is 2. The monoisotopic (exact) mass is 307 g/mol. The van der Waals surface area contributed by atoms with Crippen LogP contribution in [0.5, 0.6) is 0 Å². The van der Waals surface area contributed by atoms with Crippen molar-refractivity contribution in [3.8, 4) is 0 Å². The quantitative estimate of drug-likeness (QED) is 0.543. The van der Waals surface area contributed by atoms with E-state index in [1.807, 2.05) is 14.1 Å². The Bertz CT molecular complexity index is 434. The molecule has 0 fully saturated rings. The maximum absolute atomic E-state index is 4.30. The molecule has 0 saturated carbocycles. The lowest BCUT2D eigenvalue weighted by Crippen LogP contribution is -2.42. The van der Waals surface area contributed by atoms with Crippen LogP contribution in [0.1, 0.15) is 39.2 Å². The maximum Gasteiger partial charge on any atom is 0.191 e. The minimum Gasteiger partial charge on any atom is -0.357 e. The molecule has 0 amide bonds. The summed E-state index contributed by atoms with van der Waals surface area (Å²) in [5, 5.41) is 6.83. The van der Waals surface area contributed by atoms with Crippen molar-refractivity contribution >= 4 is 5.96 Å². The van der Waals surface area contributed by atoms with E-state index in [2.05, 4.69) is 64.3 Å². The fraction of sp³-hybridized carbons (Fsp3) is 0.706. The van der Waals surface area contributed by atoms with E-state index in [-0.39, 0.29) is 0 Å². The summed E-state index contributed by atoms with van der Waals surface area (Å²) in [7, 11) is 3.86. The average Bonchev–Trinajstić information content (AvgIpc) is 2.93. The van der Waals surface area contributed by atoms with Gasteiger partial charge < -0.3 is 20.1 Å². The van der Waals surface area contributed by atoms with Crippen molar-refractivity contribution in [2.24, 2.45) is 12.0 Å². The third-order valence-electron chi connectivity index (χ3n) is 3.97. The fourth-order valence-electron chi connectivity index (χ4n) is 2.51. The highest BCUT2D eigenvalue weighted by atomic mass is 15.2. The van der Waals surface area contributed by atoms with Crippen LogP contribution >= 0.6 is 0 Å². The van der Waals surface area contributed by atoms with E-state index >= 15 is 0 Å². The van der Waals surface area contributed by atoms with Gasteiger partial charge in [-0.25, -0.2) is 0 Å². The highest BCUT2D eigenvalue weighted by Gasteiger charge is 2.06. The van der Waals surface area contributed by atoms with Gasteiger partial charge in [-0.1, -0.05) is 13.8 Å². The largest absolute Gasteiger partial charge is 0.357 e. The standard InChI is InChI=1S/C17H33N5/c1-6-22(7-2)11-8-9-15(3)20-17(18-4)19-13-16-10-12-21(5)14-16/h10,12,14-15H,6-9,11,13H2,1-5H3,(H2,18,19,20). The number of aryl methyl sites for hydroxylation is 1. The van der Waals surface area contributed by atoms with E-state index in [4.69, 9.17) is 0 Å². The van der Waals surface area contributed by atoms with Crippen LogP contribution in [-0.2, 0) is 13.6 Å². The Hall–Kier alpha value is -1.49. The Morgan fingerprint density at radius 1 is 1.36 bits per heavy atom. The lowest BCUT2D eigenvalue weighted by atomic mass is 10.2. The van der Waals surface area contributed by atoms with E-state index in [0.717, 1.165) is 32.0 Å². The molecule has 5 heteroatoms. The minimum atomic E-state index is 0.428. The van der Waals surface area contributed by atoms with Gasteiger partial charge in [-0.15, -0.1) is 0 Å². The second-order valence-electron chi connectivity index (χ2n) is 5.83. The molecule has 2 N–H and O–H groups in total. The van der Waals surface area contributed by atoms with E-state index in [0.29, 0.717) is 6.04 Å².